The van der Waals surface area contributed by atoms with Crippen LogP contribution >= 0.6 is 0 Å². The number of nitrogens with one attached hydrogen (secondary N) is 1. The van der Waals surface area contributed by atoms with Crippen molar-refractivity contribution >= 4 is 176 Å². The van der Waals surface area contributed by atoms with E-state index >= 15 is 0 Å². The van der Waals surface area contributed by atoms with E-state index in [9.17, 15) is 0 Å². The Morgan fingerprint density at radius 2 is 0.625 bits per heavy atom. The highest BCUT2D eigenvalue weighted by atomic mass is 16.3. The van der Waals surface area contributed by atoms with Gasteiger partial charge in [-0.3, -0.25) is 0 Å². The molecule has 0 fully saturated rings. The van der Waals surface area contributed by atoms with Gasteiger partial charge in [-0.2, -0.15) is 0 Å². The van der Waals surface area contributed by atoms with Crippen molar-refractivity contribution in [2.45, 2.75) is 40.0 Å². The van der Waals surface area contributed by atoms with Gasteiger partial charge in [0.2, 0.25) is 0 Å². The van der Waals surface area contributed by atoms with Gasteiger partial charge in [-0.15, -0.1) is 0 Å². The summed E-state index contributed by atoms with van der Waals surface area (Å²) in [6.07, 6.45) is 0. The molecule has 0 saturated heterocycles. The summed E-state index contributed by atoms with van der Waals surface area (Å²) < 4.78 is 16.7. The minimum atomic E-state index is -0.0648. The molecule has 532 valence electrons. The molecule has 17 aromatic carbocycles. The van der Waals surface area contributed by atoms with Gasteiger partial charge < -0.3 is 37.8 Å². The predicted octanol–water partition coefficient (Wildman–Crippen LogP) is 28.9. The maximum absolute atomic E-state index is 6.88. The maximum atomic E-state index is 6.88. The summed E-state index contributed by atoms with van der Waals surface area (Å²) in [7, 11) is 0. The molecule has 0 unspecified atom stereocenters. The Bertz CT molecular complexity index is 7580. The molecular formula is C104H75N7O. The molecule has 0 saturated carbocycles. The summed E-state index contributed by atoms with van der Waals surface area (Å²) in [6.45, 7) is 11.2. The van der Waals surface area contributed by atoms with E-state index in [1.807, 2.05) is 0 Å². The van der Waals surface area contributed by atoms with E-state index in [4.69, 9.17) is 4.42 Å². The molecular weight excluding hydrogens is 1360 g/mol. The molecule has 0 bridgehead atoms. The van der Waals surface area contributed by atoms with Crippen LogP contribution in [0.15, 0.2) is 362 Å². The van der Waals surface area contributed by atoms with Crippen LogP contribution in [0.3, 0.4) is 0 Å². The Morgan fingerprint density at radius 1 is 0.259 bits per heavy atom. The van der Waals surface area contributed by atoms with Gasteiger partial charge in [-0.05, 0) is 252 Å². The molecule has 0 aliphatic heterocycles. The van der Waals surface area contributed by atoms with Gasteiger partial charge in [0.1, 0.15) is 5.58 Å². The lowest BCUT2D eigenvalue weighted by Gasteiger charge is -2.27. The first-order valence-corrected chi connectivity index (χ1v) is 38.7. The molecule has 0 aliphatic rings. The fourth-order valence-corrected chi connectivity index (χ4v) is 18.3. The monoisotopic (exact) mass is 1440 g/mol. The third-order valence-electron chi connectivity index (χ3n) is 23.3. The molecule has 0 aliphatic carbocycles. The molecule has 0 amide bonds. The Balaban J connectivity index is 0.790. The average Bonchev–Trinajstić information content (AvgIpc) is 1.55. The molecule has 0 radical (unpaired) electrons. The summed E-state index contributed by atoms with van der Waals surface area (Å²) in [4.78, 5) is 4.88. The first kappa shape index (κ1) is 64.8. The van der Waals surface area contributed by atoms with E-state index in [-0.39, 0.29) is 5.41 Å². The van der Waals surface area contributed by atoms with Crippen molar-refractivity contribution in [3.8, 4) is 22.7 Å². The topological polar surface area (TPSA) is 51.4 Å². The van der Waals surface area contributed by atoms with E-state index in [1.54, 1.807) is 0 Å². The number of fused-ring (bicyclic) bond motifs is 21. The first-order chi connectivity index (χ1) is 55.0. The van der Waals surface area contributed by atoms with Crippen molar-refractivity contribution in [3.05, 3.63) is 375 Å². The molecule has 0 atom stereocenters. The third kappa shape index (κ3) is 10.1. The number of hydrogen-bond acceptors (Lipinski definition) is 4. The summed E-state index contributed by atoms with van der Waals surface area (Å²) in [6, 6.07) is 132. The first-order valence-electron chi connectivity index (χ1n) is 38.7. The van der Waals surface area contributed by atoms with E-state index in [0.29, 0.717) is 0 Å². The van der Waals surface area contributed by atoms with Crippen LogP contribution in [0.2, 0.25) is 0 Å². The summed E-state index contributed by atoms with van der Waals surface area (Å²) >= 11 is 0. The molecule has 5 aromatic heterocycles. The zero-order valence-corrected chi connectivity index (χ0v) is 62.7. The van der Waals surface area contributed by atoms with Crippen LogP contribution < -0.4 is 15.1 Å². The van der Waals surface area contributed by atoms with E-state index < -0.39 is 0 Å². The molecule has 1 N–H and O–H groups in total. The highest BCUT2D eigenvalue weighted by Gasteiger charge is 2.28. The van der Waals surface area contributed by atoms with E-state index in [0.717, 1.165) is 150 Å². The number of furan rings is 1. The van der Waals surface area contributed by atoms with Crippen molar-refractivity contribution in [1.29, 1.82) is 0 Å². The number of rotatable bonds is 12. The lowest BCUT2D eigenvalue weighted by Crippen LogP contribution is -2.13. The van der Waals surface area contributed by atoms with E-state index in [1.165, 1.54) is 65.2 Å². The van der Waals surface area contributed by atoms with Crippen molar-refractivity contribution in [3.63, 3.8) is 0 Å². The Morgan fingerprint density at radius 3 is 1.08 bits per heavy atom. The van der Waals surface area contributed by atoms with Gasteiger partial charge in [0.25, 0.3) is 0 Å². The standard InChI is InChI=1S/C104H75N7O/c1-65-23-20-25-68(59-65)105-69-41-51-89-85(61-69)99-80-47-56-94-100(81(80)48-55-93(99)108(89)70-26-10-6-11-27-70)86-62-76(44-52-90(86)109(94)71-28-12-7-13-29-71)106(74-42-39-67(40-43-74)104(3,4)5)77-45-53-91-87(63-77)101-82-49-58-96-102(83(82)50-57-95(101)110(91)72-30-14-8-15-31-72)88-64-78(46-54-92(88)111(96)73-32-16-9-17-33-73)107(75-34-21-24-66(2)60-75)97-37-22-36-84-79-35-18-19-38-98(79)112-103(84)97/h6-64,105H,1-5H3. The smallest absolute Gasteiger partial charge is 0.159 e. The van der Waals surface area contributed by atoms with Crippen LogP contribution in [-0.4, -0.2) is 18.3 Å². The predicted molar refractivity (Wildman–Crippen MR) is 473 cm³/mol. The molecule has 8 heteroatoms. The number of aromatic nitrogens is 4. The van der Waals surface area contributed by atoms with Gasteiger partial charge >= 0.3 is 0 Å². The summed E-state index contributed by atoms with van der Waals surface area (Å²) in [5.41, 5.74) is 27.1. The minimum Gasteiger partial charge on any atom is -0.454 e. The van der Waals surface area contributed by atoms with Crippen molar-refractivity contribution in [2.24, 2.45) is 0 Å². The second kappa shape index (κ2) is 25.1. The van der Waals surface area contributed by atoms with Crippen molar-refractivity contribution in [2.75, 3.05) is 15.1 Å². The van der Waals surface area contributed by atoms with Gasteiger partial charge in [-0.1, -0.05) is 185 Å². The van der Waals surface area contributed by atoms with Gasteiger partial charge in [0, 0.05) is 116 Å². The fraction of sp³-hybridized carbons (Fsp3) is 0.0577. The third-order valence-corrected chi connectivity index (χ3v) is 23.3. The van der Waals surface area contributed by atoms with Crippen LogP contribution in [0.25, 0.3) is 153 Å². The van der Waals surface area contributed by atoms with Crippen LogP contribution in [-0.2, 0) is 5.41 Å². The molecule has 112 heavy (non-hydrogen) atoms. The Labute approximate surface area is 647 Å². The van der Waals surface area contributed by atoms with Crippen LogP contribution in [0.5, 0.6) is 0 Å². The van der Waals surface area contributed by atoms with Gasteiger partial charge in [-0.25, -0.2) is 0 Å². The highest BCUT2D eigenvalue weighted by molar-refractivity contribution is 6.32. The summed E-state index contributed by atoms with van der Waals surface area (Å²) in [5, 5.41) is 20.1. The summed E-state index contributed by atoms with van der Waals surface area (Å²) in [5.74, 6) is 0. The Kier molecular flexibility index (Phi) is 14.5. The van der Waals surface area contributed by atoms with Crippen molar-refractivity contribution < 1.29 is 4.42 Å². The van der Waals surface area contributed by atoms with Crippen LogP contribution in [0.1, 0.15) is 37.5 Å². The molecule has 22 rings (SSSR count). The Hall–Kier alpha value is -14.3. The number of nitrogens with zero attached hydrogens (tertiary/aromatic N) is 6. The molecule has 0 spiro atoms. The molecule has 8 nitrogen and oxygen atoms in total. The molecule has 5 heterocycles. The average molecular weight is 1440 g/mol. The fourth-order valence-electron chi connectivity index (χ4n) is 18.3. The maximum Gasteiger partial charge on any atom is 0.159 e. The molecule has 22 aromatic rings. The van der Waals surface area contributed by atoms with Gasteiger partial charge in [0.05, 0.1) is 49.8 Å². The lowest BCUT2D eigenvalue weighted by atomic mass is 9.87. The minimum absolute atomic E-state index is 0.0648. The second-order valence-corrected chi connectivity index (χ2v) is 31.1. The zero-order chi connectivity index (χ0) is 74.6. The quantitative estimate of drug-likeness (QED) is 0.132. The highest BCUT2D eigenvalue weighted by Crippen LogP contribution is 2.51. The van der Waals surface area contributed by atoms with E-state index in [2.05, 4.69) is 426 Å². The SMILES string of the molecule is Cc1cccc(Nc2ccc3c(c2)c2c4ccc5c(c4ccc2n3-c2ccccc2)c2cc(N(c3ccc(C(C)(C)C)cc3)c3ccc4c(c3)c3c6ccc7c(c6ccc3n4-c3ccccc3)c3cc(N(c4cccc(C)c4)c4cccc6c4oc4ccccc46)ccc3n7-c3ccccc3)ccc2n5-c2ccccc2)c1. The number of aryl methyl sites for hydroxylation is 2. The van der Waals surface area contributed by atoms with Crippen LogP contribution in [0.4, 0.5) is 45.5 Å². The second-order valence-electron chi connectivity index (χ2n) is 31.1. The lowest BCUT2D eigenvalue weighted by molar-refractivity contribution is 0.590. The van der Waals surface area contributed by atoms with Crippen molar-refractivity contribution in [1.82, 2.24) is 18.3 Å². The number of para-hydroxylation sites is 6. The van der Waals surface area contributed by atoms with Gasteiger partial charge in [0.15, 0.2) is 5.58 Å². The number of benzene rings is 17. The zero-order valence-electron chi connectivity index (χ0n) is 62.7. The van der Waals surface area contributed by atoms with Crippen LogP contribution in [0, 0.1) is 13.8 Å². The number of hydrogen-bond donors (Lipinski definition) is 1. The largest absolute Gasteiger partial charge is 0.454 e. The number of anilines is 8. The normalized spacial score (nSPS) is 12.2.